The number of unbranched alkanes of at least 4 members (excludes halogenated alkanes) is 1. The van der Waals surface area contributed by atoms with E-state index in [1.54, 1.807) is 12.1 Å². The van der Waals surface area contributed by atoms with E-state index in [0.717, 1.165) is 29.5 Å². The number of hydrogen-bond donors (Lipinski definition) is 4. The first-order valence-corrected chi connectivity index (χ1v) is 8.74. The van der Waals surface area contributed by atoms with Crippen LogP contribution >= 0.6 is 0 Å². The first kappa shape index (κ1) is 19.8. The van der Waals surface area contributed by atoms with Crippen LogP contribution in [-0.2, 0) is 16.2 Å². The molecule has 140 valence electrons. The molecule has 1 aromatic carbocycles. The number of anilines is 1. The lowest BCUT2D eigenvalue weighted by Gasteiger charge is -2.18. The Labute approximate surface area is 153 Å². The van der Waals surface area contributed by atoms with E-state index in [1.807, 2.05) is 19.1 Å². The summed E-state index contributed by atoms with van der Waals surface area (Å²) in [6.07, 6.45) is 2.05. The second-order valence-corrected chi connectivity index (χ2v) is 6.31. The molecule has 0 saturated heterocycles. The maximum atomic E-state index is 12.7. The Morgan fingerprint density at radius 2 is 2.08 bits per heavy atom. The van der Waals surface area contributed by atoms with Crippen LogP contribution in [0.2, 0.25) is 0 Å². The topological polar surface area (TPSA) is 117 Å². The Bertz CT molecular complexity index is 792. The maximum absolute atomic E-state index is 12.7. The van der Waals surface area contributed by atoms with Gasteiger partial charge in [-0.3, -0.25) is 14.6 Å². The highest BCUT2D eigenvalue weighted by Gasteiger charge is 2.20. The Balaban J connectivity index is 2.28. The molecule has 0 fully saturated rings. The van der Waals surface area contributed by atoms with Gasteiger partial charge in [0.1, 0.15) is 6.04 Å². The van der Waals surface area contributed by atoms with Gasteiger partial charge in [-0.05, 0) is 50.4 Å². The van der Waals surface area contributed by atoms with E-state index >= 15 is 0 Å². The summed E-state index contributed by atoms with van der Waals surface area (Å²) >= 11 is 0. The molecule has 1 aromatic heterocycles. The van der Waals surface area contributed by atoms with Crippen LogP contribution in [0.1, 0.15) is 37.4 Å². The van der Waals surface area contributed by atoms with Crippen molar-refractivity contribution in [2.45, 2.75) is 45.8 Å². The predicted octanol–water partition coefficient (Wildman–Crippen LogP) is 1.61. The van der Waals surface area contributed by atoms with Crippen LogP contribution in [0.3, 0.4) is 0 Å². The van der Waals surface area contributed by atoms with Crippen molar-refractivity contribution >= 4 is 28.4 Å². The lowest BCUT2D eigenvalue weighted by molar-refractivity contribution is -0.125. The standard InChI is InChI=1S/C19H26N4O3/c1-12-10-14(11-24)15-6-5-8-16(18(15)21-12)23-19(26)17(22-13(2)25)7-3-4-9-20/h5-6,8,10,17,24H,3-4,7,9,11,20H2,1-2H3,(H,22,25)(H,23,26)/t17-/m0/s1. The number of aryl methyl sites for hydroxylation is 1. The van der Waals surface area contributed by atoms with Crippen LogP contribution in [-0.4, -0.2) is 34.5 Å². The van der Waals surface area contributed by atoms with Crippen molar-refractivity contribution in [3.63, 3.8) is 0 Å². The minimum atomic E-state index is -0.628. The highest BCUT2D eigenvalue weighted by molar-refractivity contribution is 6.03. The quantitative estimate of drug-likeness (QED) is 0.535. The van der Waals surface area contributed by atoms with Gasteiger partial charge in [0, 0.05) is 18.0 Å². The molecule has 2 amide bonds. The van der Waals surface area contributed by atoms with Crippen LogP contribution in [0.15, 0.2) is 24.3 Å². The Hall–Kier alpha value is -2.51. The Morgan fingerprint density at radius 1 is 1.31 bits per heavy atom. The molecule has 0 bridgehead atoms. The van der Waals surface area contributed by atoms with Crippen LogP contribution in [0.25, 0.3) is 10.9 Å². The zero-order chi connectivity index (χ0) is 19.1. The molecule has 0 radical (unpaired) electrons. The van der Waals surface area contributed by atoms with Gasteiger partial charge in [0.15, 0.2) is 0 Å². The van der Waals surface area contributed by atoms with Crippen molar-refractivity contribution in [2.75, 3.05) is 11.9 Å². The van der Waals surface area contributed by atoms with Crippen molar-refractivity contribution in [2.24, 2.45) is 5.73 Å². The molecule has 7 nitrogen and oxygen atoms in total. The number of carbonyl (C=O) groups excluding carboxylic acids is 2. The molecule has 0 aliphatic heterocycles. The minimum absolute atomic E-state index is 0.106. The molecule has 0 aliphatic rings. The zero-order valence-electron chi connectivity index (χ0n) is 15.2. The van der Waals surface area contributed by atoms with E-state index in [0.29, 0.717) is 24.2 Å². The molecule has 2 rings (SSSR count). The third-order valence-corrected chi connectivity index (χ3v) is 4.12. The summed E-state index contributed by atoms with van der Waals surface area (Å²) in [5, 5.41) is 15.9. The molecule has 1 heterocycles. The number of para-hydroxylation sites is 1. The van der Waals surface area contributed by atoms with Gasteiger partial charge >= 0.3 is 0 Å². The average molecular weight is 358 g/mol. The number of hydrogen-bond acceptors (Lipinski definition) is 5. The highest BCUT2D eigenvalue weighted by Crippen LogP contribution is 2.25. The lowest BCUT2D eigenvalue weighted by atomic mass is 10.1. The van der Waals surface area contributed by atoms with Crippen molar-refractivity contribution < 1.29 is 14.7 Å². The van der Waals surface area contributed by atoms with Gasteiger partial charge in [0.2, 0.25) is 11.8 Å². The molecule has 5 N–H and O–H groups in total. The number of aliphatic hydroxyl groups excluding tert-OH is 1. The summed E-state index contributed by atoms with van der Waals surface area (Å²) < 4.78 is 0. The monoisotopic (exact) mass is 358 g/mol. The number of rotatable bonds is 8. The number of amides is 2. The first-order chi connectivity index (χ1) is 12.5. The van der Waals surface area contributed by atoms with Crippen molar-refractivity contribution in [1.29, 1.82) is 0 Å². The number of aromatic nitrogens is 1. The van der Waals surface area contributed by atoms with Crippen molar-refractivity contribution in [3.8, 4) is 0 Å². The van der Waals surface area contributed by atoms with Crippen LogP contribution in [0.5, 0.6) is 0 Å². The summed E-state index contributed by atoms with van der Waals surface area (Å²) in [4.78, 5) is 28.6. The van der Waals surface area contributed by atoms with E-state index in [2.05, 4.69) is 15.6 Å². The van der Waals surface area contributed by atoms with Gasteiger partial charge in [-0.25, -0.2) is 0 Å². The molecule has 1 atom stereocenters. The lowest BCUT2D eigenvalue weighted by Crippen LogP contribution is -2.43. The zero-order valence-corrected chi connectivity index (χ0v) is 15.2. The van der Waals surface area contributed by atoms with Gasteiger partial charge in [0.05, 0.1) is 17.8 Å². The number of nitrogens with zero attached hydrogens (tertiary/aromatic N) is 1. The number of nitrogens with one attached hydrogen (secondary N) is 2. The highest BCUT2D eigenvalue weighted by atomic mass is 16.3. The molecule has 26 heavy (non-hydrogen) atoms. The van der Waals surface area contributed by atoms with Gasteiger partial charge in [-0.1, -0.05) is 12.1 Å². The smallest absolute Gasteiger partial charge is 0.247 e. The Morgan fingerprint density at radius 3 is 2.73 bits per heavy atom. The molecular weight excluding hydrogens is 332 g/mol. The van der Waals surface area contributed by atoms with Gasteiger partial charge in [-0.15, -0.1) is 0 Å². The third kappa shape index (κ3) is 5.00. The average Bonchev–Trinajstić information content (AvgIpc) is 2.60. The second-order valence-electron chi connectivity index (χ2n) is 6.31. The van der Waals surface area contributed by atoms with E-state index in [1.165, 1.54) is 6.92 Å². The van der Waals surface area contributed by atoms with E-state index in [-0.39, 0.29) is 18.4 Å². The van der Waals surface area contributed by atoms with E-state index in [4.69, 9.17) is 5.73 Å². The number of carbonyl (C=O) groups is 2. The van der Waals surface area contributed by atoms with Crippen LogP contribution in [0.4, 0.5) is 5.69 Å². The number of aliphatic hydroxyl groups is 1. The van der Waals surface area contributed by atoms with Gasteiger partial charge < -0.3 is 21.5 Å². The molecule has 0 spiro atoms. The SMILES string of the molecule is CC(=O)N[C@@H](CCCCN)C(=O)Nc1cccc2c(CO)cc(C)nc12. The molecule has 0 saturated carbocycles. The normalized spacial score (nSPS) is 12.0. The second kappa shape index (κ2) is 9.26. The molecule has 7 heteroatoms. The molecule has 0 aliphatic carbocycles. The van der Waals surface area contributed by atoms with Gasteiger partial charge in [0.25, 0.3) is 0 Å². The Kier molecular flexibility index (Phi) is 7.06. The summed E-state index contributed by atoms with van der Waals surface area (Å²) in [7, 11) is 0. The van der Waals surface area contributed by atoms with Crippen LogP contribution < -0.4 is 16.4 Å². The fourth-order valence-corrected chi connectivity index (χ4v) is 2.92. The number of fused-ring (bicyclic) bond motifs is 1. The number of pyridine rings is 1. The third-order valence-electron chi connectivity index (χ3n) is 4.12. The predicted molar refractivity (Wildman–Crippen MR) is 102 cm³/mol. The molecular formula is C19H26N4O3. The number of nitrogens with two attached hydrogens (primary N) is 1. The summed E-state index contributed by atoms with van der Waals surface area (Å²) in [6, 6.07) is 6.61. The summed E-state index contributed by atoms with van der Waals surface area (Å²) in [5.74, 6) is -0.550. The first-order valence-electron chi connectivity index (χ1n) is 8.74. The molecule has 2 aromatic rings. The molecule has 0 unspecified atom stereocenters. The summed E-state index contributed by atoms with van der Waals surface area (Å²) in [5.41, 5.74) is 8.19. The van der Waals surface area contributed by atoms with Crippen LogP contribution in [0, 0.1) is 6.92 Å². The fourth-order valence-electron chi connectivity index (χ4n) is 2.92. The van der Waals surface area contributed by atoms with E-state index < -0.39 is 6.04 Å². The minimum Gasteiger partial charge on any atom is -0.392 e. The number of benzene rings is 1. The van der Waals surface area contributed by atoms with Gasteiger partial charge in [-0.2, -0.15) is 0 Å². The maximum Gasteiger partial charge on any atom is 0.247 e. The fraction of sp³-hybridized carbons (Fsp3) is 0.421. The largest absolute Gasteiger partial charge is 0.392 e. The van der Waals surface area contributed by atoms with E-state index in [9.17, 15) is 14.7 Å². The van der Waals surface area contributed by atoms with Crippen molar-refractivity contribution in [3.05, 3.63) is 35.5 Å². The van der Waals surface area contributed by atoms with Crippen molar-refractivity contribution in [1.82, 2.24) is 10.3 Å². The summed E-state index contributed by atoms with van der Waals surface area (Å²) in [6.45, 7) is 3.67.